The molecule has 0 aliphatic carbocycles. The van der Waals surface area contributed by atoms with Crippen molar-refractivity contribution < 1.29 is 14.6 Å². The number of aromatic carboxylic acids is 1. The molecule has 1 aromatic heterocycles. The lowest BCUT2D eigenvalue weighted by Crippen LogP contribution is -2.05. The zero-order valence-corrected chi connectivity index (χ0v) is 11.0. The molecule has 0 amide bonds. The number of ether oxygens (including phenoxy) is 1. The zero-order chi connectivity index (χ0) is 14.5. The van der Waals surface area contributed by atoms with E-state index in [1.807, 2.05) is 19.1 Å². The molecule has 0 aliphatic heterocycles. The van der Waals surface area contributed by atoms with Crippen LogP contribution in [-0.2, 0) is 0 Å². The minimum Gasteiger partial charge on any atom is -0.494 e. The average Bonchev–Trinajstić information content (AvgIpc) is 2.43. The minimum atomic E-state index is -1.10. The summed E-state index contributed by atoms with van der Waals surface area (Å²) in [5.41, 5.74) is 6.83. The Morgan fingerprint density at radius 2 is 2.00 bits per heavy atom. The third-order valence-electron chi connectivity index (χ3n) is 2.57. The number of nitrogens with two attached hydrogens (primary N) is 1. The van der Waals surface area contributed by atoms with E-state index in [1.165, 1.54) is 12.1 Å². The number of nitrogens with one attached hydrogen (secondary N) is 1. The molecule has 0 atom stereocenters. The number of nitrogens with zero attached hydrogens (tertiary/aromatic N) is 1. The molecule has 2 aromatic rings. The molecule has 4 N–H and O–H groups in total. The second-order valence-electron chi connectivity index (χ2n) is 4.02. The van der Waals surface area contributed by atoms with Crippen molar-refractivity contribution in [2.24, 2.45) is 0 Å². The molecule has 6 nitrogen and oxygen atoms in total. The monoisotopic (exact) mass is 273 g/mol. The maximum absolute atomic E-state index is 10.9. The number of benzene rings is 1. The van der Waals surface area contributed by atoms with Gasteiger partial charge in [0.05, 0.1) is 12.3 Å². The number of pyridine rings is 1. The fourth-order valence-corrected chi connectivity index (χ4v) is 1.63. The summed E-state index contributed by atoms with van der Waals surface area (Å²) in [6.07, 6.45) is 0. The minimum absolute atomic E-state index is 0.0624. The summed E-state index contributed by atoms with van der Waals surface area (Å²) in [5, 5.41) is 11.9. The third-order valence-corrected chi connectivity index (χ3v) is 2.57. The van der Waals surface area contributed by atoms with Crippen LogP contribution in [-0.4, -0.2) is 22.7 Å². The van der Waals surface area contributed by atoms with Gasteiger partial charge >= 0.3 is 5.97 Å². The number of hydrogen-bond donors (Lipinski definition) is 3. The molecule has 0 fully saturated rings. The van der Waals surface area contributed by atoms with Crippen molar-refractivity contribution >= 4 is 23.2 Å². The Morgan fingerprint density at radius 3 is 2.60 bits per heavy atom. The zero-order valence-electron chi connectivity index (χ0n) is 11.0. The van der Waals surface area contributed by atoms with E-state index in [9.17, 15) is 4.79 Å². The third kappa shape index (κ3) is 3.17. The van der Waals surface area contributed by atoms with Crippen LogP contribution in [0.5, 0.6) is 5.75 Å². The standard InChI is InChI=1S/C14H15N3O3/c1-2-20-10-5-3-9(4-6-10)16-13-11(15)7-8-12(17-13)14(18)19/h3-8H,2,15H2,1H3,(H,16,17)(H,18,19). The molecule has 0 unspecified atom stereocenters. The van der Waals surface area contributed by atoms with Crippen LogP contribution >= 0.6 is 0 Å². The molecule has 104 valence electrons. The normalized spacial score (nSPS) is 10.1. The Labute approximate surface area is 116 Å². The van der Waals surface area contributed by atoms with Crippen molar-refractivity contribution in [2.75, 3.05) is 17.7 Å². The van der Waals surface area contributed by atoms with Gasteiger partial charge in [0.15, 0.2) is 11.5 Å². The van der Waals surface area contributed by atoms with Crippen molar-refractivity contribution in [1.82, 2.24) is 4.98 Å². The van der Waals surface area contributed by atoms with Gasteiger partial charge < -0.3 is 20.9 Å². The highest BCUT2D eigenvalue weighted by atomic mass is 16.5. The Bertz CT molecular complexity index is 612. The largest absolute Gasteiger partial charge is 0.494 e. The molecule has 1 heterocycles. The Hall–Kier alpha value is -2.76. The summed E-state index contributed by atoms with van der Waals surface area (Å²) in [6, 6.07) is 10.1. The van der Waals surface area contributed by atoms with Crippen molar-refractivity contribution in [3.63, 3.8) is 0 Å². The molecule has 1 aromatic carbocycles. The van der Waals surface area contributed by atoms with Gasteiger partial charge in [-0.25, -0.2) is 9.78 Å². The van der Waals surface area contributed by atoms with E-state index in [0.29, 0.717) is 18.1 Å². The van der Waals surface area contributed by atoms with E-state index in [2.05, 4.69) is 10.3 Å². The van der Waals surface area contributed by atoms with Gasteiger partial charge in [-0.1, -0.05) is 0 Å². The molecule has 0 radical (unpaired) electrons. The van der Waals surface area contributed by atoms with E-state index in [-0.39, 0.29) is 5.69 Å². The highest BCUT2D eigenvalue weighted by Crippen LogP contribution is 2.23. The van der Waals surface area contributed by atoms with Crippen LogP contribution in [0.15, 0.2) is 36.4 Å². The van der Waals surface area contributed by atoms with Crippen LogP contribution in [0.1, 0.15) is 17.4 Å². The quantitative estimate of drug-likeness (QED) is 0.774. The summed E-state index contributed by atoms with van der Waals surface area (Å²) in [7, 11) is 0. The van der Waals surface area contributed by atoms with Crippen LogP contribution in [0, 0.1) is 0 Å². The van der Waals surface area contributed by atoms with Gasteiger partial charge in [0.2, 0.25) is 0 Å². The van der Waals surface area contributed by atoms with Gasteiger partial charge in [0.25, 0.3) is 0 Å². The Kier molecular flexibility index (Phi) is 4.05. The molecule has 20 heavy (non-hydrogen) atoms. The number of nitrogen functional groups attached to an aromatic ring is 1. The van der Waals surface area contributed by atoms with E-state index in [1.54, 1.807) is 12.1 Å². The summed E-state index contributed by atoms with van der Waals surface area (Å²) in [4.78, 5) is 14.8. The number of aromatic nitrogens is 1. The summed E-state index contributed by atoms with van der Waals surface area (Å²) >= 11 is 0. The van der Waals surface area contributed by atoms with Crippen LogP contribution in [0.4, 0.5) is 17.2 Å². The SMILES string of the molecule is CCOc1ccc(Nc2nc(C(=O)O)ccc2N)cc1. The number of carboxylic acid groups (broad SMARTS) is 1. The van der Waals surface area contributed by atoms with Crippen LogP contribution in [0.2, 0.25) is 0 Å². The summed E-state index contributed by atoms with van der Waals surface area (Å²) in [6.45, 7) is 2.51. The molecule has 0 saturated carbocycles. The van der Waals surface area contributed by atoms with E-state index < -0.39 is 5.97 Å². The highest BCUT2D eigenvalue weighted by Gasteiger charge is 2.08. The lowest BCUT2D eigenvalue weighted by molar-refractivity contribution is 0.0690. The fraction of sp³-hybridized carbons (Fsp3) is 0.143. The molecule has 0 aliphatic rings. The summed E-state index contributed by atoms with van der Waals surface area (Å²) < 4.78 is 5.34. The molecule has 0 saturated heterocycles. The maximum atomic E-state index is 10.9. The van der Waals surface area contributed by atoms with Crippen LogP contribution in [0.3, 0.4) is 0 Å². The van der Waals surface area contributed by atoms with Gasteiger partial charge in [0.1, 0.15) is 5.75 Å². The van der Waals surface area contributed by atoms with Crippen molar-refractivity contribution in [3.8, 4) is 5.75 Å². The second kappa shape index (κ2) is 5.92. The molecular formula is C14H15N3O3. The van der Waals surface area contributed by atoms with Gasteiger partial charge in [-0.05, 0) is 43.3 Å². The fourth-order valence-electron chi connectivity index (χ4n) is 1.63. The Morgan fingerprint density at radius 1 is 1.30 bits per heavy atom. The molecule has 2 rings (SSSR count). The number of anilines is 3. The number of hydrogen-bond acceptors (Lipinski definition) is 5. The van der Waals surface area contributed by atoms with Crippen LogP contribution in [0.25, 0.3) is 0 Å². The predicted molar refractivity (Wildman–Crippen MR) is 76.5 cm³/mol. The molecular weight excluding hydrogens is 258 g/mol. The predicted octanol–water partition coefficient (Wildman–Crippen LogP) is 2.50. The second-order valence-corrected chi connectivity index (χ2v) is 4.02. The van der Waals surface area contributed by atoms with Crippen molar-refractivity contribution in [2.45, 2.75) is 6.92 Å². The first kappa shape index (κ1) is 13.7. The number of rotatable bonds is 5. The van der Waals surface area contributed by atoms with Gasteiger partial charge in [-0.2, -0.15) is 0 Å². The number of carbonyl (C=O) groups is 1. The van der Waals surface area contributed by atoms with Crippen LogP contribution < -0.4 is 15.8 Å². The first-order valence-electron chi connectivity index (χ1n) is 6.10. The van der Waals surface area contributed by atoms with Gasteiger partial charge in [0, 0.05) is 5.69 Å². The smallest absolute Gasteiger partial charge is 0.354 e. The first-order valence-corrected chi connectivity index (χ1v) is 6.10. The first-order chi connectivity index (χ1) is 9.60. The van der Waals surface area contributed by atoms with Gasteiger partial charge in [-0.15, -0.1) is 0 Å². The van der Waals surface area contributed by atoms with Gasteiger partial charge in [-0.3, -0.25) is 0 Å². The Balaban J connectivity index is 2.20. The van der Waals surface area contributed by atoms with Crippen molar-refractivity contribution in [3.05, 3.63) is 42.1 Å². The summed E-state index contributed by atoms with van der Waals surface area (Å²) in [5.74, 6) is -0.0212. The molecule has 0 bridgehead atoms. The van der Waals surface area contributed by atoms with Crippen molar-refractivity contribution in [1.29, 1.82) is 0 Å². The highest BCUT2D eigenvalue weighted by molar-refractivity contribution is 5.87. The molecule has 6 heteroatoms. The van der Waals surface area contributed by atoms with E-state index in [0.717, 1.165) is 11.4 Å². The lowest BCUT2D eigenvalue weighted by atomic mass is 10.2. The molecule has 0 spiro atoms. The topological polar surface area (TPSA) is 97.5 Å². The lowest BCUT2D eigenvalue weighted by Gasteiger charge is -2.10. The van der Waals surface area contributed by atoms with E-state index >= 15 is 0 Å². The maximum Gasteiger partial charge on any atom is 0.354 e. The number of carboxylic acids is 1. The average molecular weight is 273 g/mol. The van der Waals surface area contributed by atoms with E-state index in [4.69, 9.17) is 15.6 Å².